The van der Waals surface area contributed by atoms with E-state index in [9.17, 15) is 4.79 Å². The molecule has 1 amide bonds. The number of rotatable bonds is 4. The van der Waals surface area contributed by atoms with Gasteiger partial charge < -0.3 is 4.90 Å². The third-order valence-corrected chi connectivity index (χ3v) is 6.05. The number of hydrazine groups is 1. The third kappa shape index (κ3) is 3.52. The summed E-state index contributed by atoms with van der Waals surface area (Å²) in [5.74, 6) is 6.36. The van der Waals surface area contributed by atoms with Crippen LogP contribution in [0.4, 0.5) is 5.69 Å². The summed E-state index contributed by atoms with van der Waals surface area (Å²) in [4.78, 5) is 19.2. The van der Waals surface area contributed by atoms with Crippen molar-refractivity contribution in [3.05, 3.63) is 24.5 Å². The monoisotopic (exact) mass is 344 g/mol. The van der Waals surface area contributed by atoms with Crippen molar-refractivity contribution in [3.8, 4) is 11.8 Å². The second-order valence-corrected chi connectivity index (χ2v) is 7.33. The number of pyridine rings is 1. The Morgan fingerprint density at radius 2 is 1.96 bits per heavy atom. The third-order valence-electron chi connectivity index (χ3n) is 4.51. The Morgan fingerprint density at radius 3 is 2.58 bits per heavy atom. The maximum absolute atomic E-state index is 12.8. The maximum atomic E-state index is 12.8. The first-order valence-electron chi connectivity index (χ1n) is 8.52. The number of carbonyl (C=O) groups excluding carboxylic acids is 1. The molecular formula is C18H24N4OS. The van der Waals surface area contributed by atoms with E-state index in [2.05, 4.69) is 33.7 Å². The average molecular weight is 344 g/mol. The van der Waals surface area contributed by atoms with Crippen LogP contribution in [0.2, 0.25) is 0 Å². The van der Waals surface area contributed by atoms with Crippen LogP contribution in [0.3, 0.4) is 0 Å². The molecule has 2 aliphatic heterocycles. The summed E-state index contributed by atoms with van der Waals surface area (Å²) in [5, 5.41) is 4.45. The quantitative estimate of drug-likeness (QED) is 0.783. The zero-order chi connectivity index (χ0) is 16.9. The van der Waals surface area contributed by atoms with Crippen LogP contribution in [0.1, 0.15) is 26.7 Å². The van der Waals surface area contributed by atoms with Crippen molar-refractivity contribution in [1.82, 2.24) is 15.0 Å². The smallest absolute Gasteiger partial charge is 0.251 e. The number of carbonyl (C=O) groups is 1. The van der Waals surface area contributed by atoms with Crippen LogP contribution in [0.25, 0.3) is 0 Å². The molecule has 1 aromatic rings. The first-order valence-corrected chi connectivity index (χ1v) is 9.46. The standard InChI is InChI=1S/C18H24N4OS/c1-3-5-6-17-22(18(23)16(4-2)24-17)21-13-11-20(12-14-21)15-7-9-19-10-8-15/h7-10,16-17H,4,6,11-14H2,1-2H3. The highest BCUT2D eigenvalue weighted by molar-refractivity contribution is 8.01. The molecule has 0 aliphatic carbocycles. The van der Waals surface area contributed by atoms with Gasteiger partial charge in [-0.05, 0) is 25.5 Å². The molecule has 2 fully saturated rings. The van der Waals surface area contributed by atoms with Crippen LogP contribution < -0.4 is 4.90 Å². The van der Waals surface area contributed by atoms with E-state index in [1.807, 2.05) is 36.5 Å². The second-order valence-electron chi connectivity index (χ2n) is 5.95. The summed E-state index contributed by atoms with van der Waals surface area (Å²) >= 11 is 1.77. The van der Waals surface area contributed by atoms with E-state index in [0.29, 0.717) is 0 Å². The van der Waals surface area contributed by atoms with E-state index in [4.69, 9.17) is 0 Å². The van der Waals surface area contributed by atoms with Crippen LogP contribution in [0, 0.1) is 11.8 Å². The highest BCUT2D eigenvalue weighted by atomic mass is 32.2. The molecular weight excluding hydrogens is 320 g/mol. The maximum Gasteiger partial charge on any atom is 0.251 e. The molecule has 2 saturated heterocycles. The lowest BCUT2D eigenvalue weighted by atomic mass is 10.2. The first kappa shape index (κ1) is 17.1. The van der Waals surface area contributed by atoms with Gasteiger partial charge in [-0.25, -0.2) is 5.01 Å². The summed E-state index contributed by atoms with van der Waals surface area (Å²) in [6, 6.07) is 4.08. The summed E-state index contributed by atoms with van der Waals surface area (Å²) in [6.07, 6.45) is 5.28. The minimum absolute atomic E-state index is 0.0758. The molecule has 2 atom stereocenters. The lowest BCUT2D eigenvalue weighted by Crippen LogP contribution is -2.56. The van der Waals surface area contributed by atoms with Crippen LogP contribution in [0.5, 0.6) is 0 Å². The molecule has 0 spiro atoms. The fourth-order valence-electron chi connectivity index (χ4n) is 3.24. The second kappa shape index (κ2) is 7.91. The largest absolute Gasteiger partial charge is 0.369 e. The summed E-state index contributed by atoms with van der Waals surface area (Å²) in [5.41, 5.74) is 1.20. The molecule has 2 aliphatic rings. The lowest BCUT2D eigenvalue weighted by Gasteiger charge is -2.42. The Labute approximate surface area is 148 Å². The topological polar surface area (TPSA) is 39.7 Å². The zero-order valence-electron chi connectivity index (χ0n) is 14.3. The number of piperazine rings is 1. The molecule has 5 nitrogen and oxygen atoms in total. The molecule has 0 N–H and O–H groups in total. The van der Waals surface area contributed by atoms with Crippen molar-refractivity contribution in [2.75, 3.05) is 31.1 Å². The van der Waals surface area contributed by atoms with Gasteiger partial charge in [-0.15, -0.1) is 23.6 Å². The van der Waals surface area contributed by atoms with E-state index in [1.54, 1.807) is 11.8 Å². The molecule has 0 radical (unpaired) electrons. The van der Waals surface area contributed by atoms with Crippen LogP contribution in [0.15, 0.2) is 24.5 Å². The molecule has 24 heavy (non-hydrogen) atoms. The fourth-order valence-corrected chi connectivity index (χ4v) is 4.56. The van der Waals surface area contributed by atoms with Gasteiger partial charge in [-0.1, -0.05) is 6.92 Å². The molecule has 3 heterocycles. The summed E-state index contributed by atoms with van der Waals surface area (Å²) in [6.45, 7) is 7.50. The van der Waals surface area contributed by atoms with Crippen molar-refractivity contribution >= 4 is 23.4 Å². The molecule has 0 saturated carbocycles. The van der Waals surface area contributed by atoms with E-state index >= 15 is 0 Å². The van der Waals surface area contributed by atoms with Gasteiger partial charge in [0.25, 0.3) is 5.91 Å². The summed E-state index contributed by atoms with van der Waals surface area (Å²) < 4.78 is 0. The number of anilines is 1. The Kier molecular flexibility index (Phi) is 5.64. The fraction of sp³-hybridized carbons (Fsp3) is 0.556. The van der Waals surface area contributed by atoms with Crippen molar-refractivity contribution < 1.29 is 4.79 Å². The van der Waals surface area contributed by atoms with Gasteiger partial charge in [-0.2, -0.15) is 0 Å². The molecule has 1 aromatic heterocycles. The number of hydrogen-bond donors (Lipinski definition) is 0. The number of aromatic nitrogens is 1. The van der Waals surface area contributed by atoms with Gasteiger partial charge in [-0.3, -0.25) is 14.8 Å². The van der Waals surface area contributed by atoms with Crippen molar-refractivity contribution in [2.24, 2.45) is 0 Å². The average Bonchev–Trinajstić information content (AvgIpc) is 2.96. The van der Waals surface area contributed by atoms with Gasteiger partial charge in [0, 0.05) is 50.7 Å². The lowest BCUT2D eigenvalue weighted by molar-refractivity contribution is -0.148. The number of nitrogens with zero attached hydrogens (tertiary/aromatic N) is 4. The van der Waals surface area contributed by atoms with Gasteiger partial charge in [0.05, 0.1) is 5.25 Å². The van der Waals surface area contributed by atoms with Gasteiger partial charge >= 0.3 is 0 Å². The Morgan fingerprint density at radius 1 is 1.25 bits per heavy atom. The molecule has 0 aromatic carbocycles. The first-order chi connectivity index (χ1) is 11.7. The van der Waals surface area contributed by atoms with Crippen molar-refractivity contribution in [3.63, 3.8) is 0 Å². The molecule has 0 bridgehead atoms. The normalized spacial score (nSPS) is 24.8. The predicted octanol–water partition coefficient (Wildman–Crippen LogP) is 2.21. The summed E-state index contributed by atoms with van der Waals surface area (Å²) in [7, 11) is 0. The van der Waals surface area contributed by atoms with Crippen molar-refractivity contribution in [1.29, 1.82) is 0 Å². The predicted molar refractivity (Wildman–Crippen MR) is 98.4 cm³/mol. The van der Waals surface area contributed by atoms with Gasteiger partial charge in [0.2, 0.25) is 0 Å². The van der Waals surface area contributed by atoms with Crippen LogP contribution in [-0.2, 0) is 4.79 Å². The number of hydrogen-bond acceptors (Lipinski definition) is 5. The minimum Gasteiger partial charge on any atom is -0.369 e. The van der Waals surface area contributed by atoms with E-state index in [1.165, 1.54) is 5.69 Å². The Hall–Kier alpha value is -1.71. The van der Waals surface area contributed by atoms with Crippen LogP contribution in [-0.4, -0.2) is 57.7 Å². The molecule has 2 unspecified atom stereocenters. The van der Waals surface area contributed by atoms with Gasteiger partial charge in [0.15, 0.2) is 0 Å². The highest BCUT2D eigenvalue weighted by Crippen LogP contribution is 2.36. The van der Waals surface area contributed by atoms with E-state index in [-0.39, 0.29) is 16.5 Å². The van der Waals surface area contributed by atoms with E-state index in [0.717, 1.165) is 39.0 Å². The molecule has 128 valence electrons. The van der Waals surface area contributed by atoms with E-state index < -0.39 is 0 Å². The molecule has 3 rings (SSSR count). The number of thioether (sulfide) groups is 1. The van der Waals surface area contributed by atoms with Crippen LogP contribution >= 0.6 is 11.8 Å². The van der Waals surface area contributed by atoms with Gasteiger partial charge in [0.1, 0.15) is 5.37 Å². The minimum atomic E-state index is 0.0758. The number of amides is 1. The zero-order valence-corrected chi connectivity index (χ0v) is 15.1. The van der Waals surface area contributed by atoms with Crippen molar-refractivity contribution in [2.45, 2.75) is 37.3 Å². The molecule has 6 heteroatoms. The Bertz CT molecular complexity index is 619. The highest BCUT2D eigenvalue weighted by Gasteiger charge is 2.42. The Balaban J connectivity index is 1.66. The SMILES string of the molecule is CC#CCC1SC(CC)C(=O)N1N1CCN(c2ccncc2)CC1.